The van der Waals surface area contributed by atoms with Crippen LogP contribution in [0.5, 0.6) is 5.75 Å². The molecule has 1 aromatic carbocycles. The minimum atomic E-state index is -0.529. The second-order valence-electron chi connectivity index (χ2n) is 5.09. The molecule has 5 nitrogen and oxygen atoms in total. The number of hydrogen-bond donors (Lipinski definition) is 0. The normalized spacial score (nSPS) is 9.92. The number of carbonyl (C=O) groups is 2. The number of rotatable bonds is 10. The van der Waals surface area contributed by atoms with Crippen LogP contribution < -0.4 is 4.74 Å². The van der Waals surface area contributed by atoms with Crippen molar-refractivity contribution >= 4 is 11.9 Å². The van der Waals surface area contributed by atoms with Crippen LogP contribution in [0.25, 0.3) is 0 Å². The molecule has 0 heterocycles. The molecule has 0 aromatic heterocycles. The van der Waals surface area contributed by atoms with Gasteiger partial charge in [0.2, 0.25) is 0 Å². The molecule has 5 heteroatoms. The maximum absolute atomic E-state index is 12.4. The first kappa shape index (κ1) is 19.5. The Morgan fingerprint density at radius 3 is 2.50 bits per heavy atom. The van der Waals surface area contributed by atoms with Crippen LogP contribution in [0.15, 0.2) is 37.4 Å². The first-order valence-electron chi connectivity index (χ1n) is 7.85. The number of hydrogen-bond acceptors (Lipinski definition) is 5. The van der Waals surface area contributed by atoms with Crippen LogP contribution in [0.2, 0.25) is 0 Å². The second kappa shape index (κ2) is 10.3. The van der Waals surface area contributed by atoms with Crippen molar-refractivity contribution in [1.82, 2.24) is 0 Å². The molecule has 130 valence electrons. The van der Waals surface area contributed by atoms with Crippen LogP contribution in [0.1, 0.15) is 46.0 Å². The minimum Gasteiger partial charge on any atom is -0.488 e. The van der Waals surface area contributed by atoms with Crippen LogP contribution >= 0.6 is 0 Å². The summed E-state index contributed by atoms with van der Waals surface area (Å²) in [4.78, 5) is 24.3. The Morgan fingerprint density at radius 2 is 1.92 bits per heavy atom. The standard InChI is InChI=1S/C19H24O5/c1-5-8-11-24-19(21)16-13-15(18(20)22-4)12-14(9-6-2)17(16)23-10-7-3/h6-7,12-13H,2-3,5,8-11H2,1,4H3. The van der Waals surface area contributed by atoms with Crippen molar-refractivity contribution in [2.75, 3.05) is 20.3 Å². The van der Waals surface area contributed by atoms with Crippen LogP contribution in [0, 0.1) is 0 Å². The van der Waals surface area contributed by atoms with E-state index in [0.29, 0.717) is 24.3 Å². The predicted octanol–water partition coefficient (Wildman–Crippen LogP) is 3.72. The Bertz CT molecular complexity index is 604. The average Bonchev–Trinajstić information content (AvgIpc) is 2.59. The number of benzene rings is 1. The fourth-order valence-electron chi connectivity index (χ4n) is 2.08. The monoisotopic (exact) mass is 332 g/mol. The number of allylic oxidation sites excluding steroid dienone is 1. The summed E-state index contributed by atoms with van der Waals surface area (Å²) < 4.78 is 15.7. The molecule has 0 fully saturated rings. The highest BCUT2D eigenvalue weighted by atomic mass is 16.5. The van der Waals surface area contributed by atoms with E-state index in [1.165, 1.54) is 13.2 Å². The third-order valence-corrected chi connectivity index (χ3v) is 3.25. The van der Waals surface area contributed by atoms with E-state index >= 15 is 0 Å². The molecule has 0 spiro atoms. The van der Waals surface area contributed by atoms with Crippen LogP contribution in [0.4, 0.5) is 0 Å². The summed E-state index contributed by atoms with van der Waals surface area (Å²) in [6.45, 7) is 9.86. The average molecular weight is 332 g/mol. The molecule has 0 saturated heterocycles. The maximum Gasteiger partial charge on any atom is 0.341 e. The smallest absolute Gasteiger partial charge is 0.341 e. The van der Waals surface area contributed by atoms with E-state index in [-0.39, 0.29) is 17.7 Å². The Kier molecular flexibility index (Phi) is 8.33. The van der Waals surface area contributed by atoms with E-state index in [1.54, 1.807) is 18.2 Å². The predicted molar refractivity (Wildman–Crippen MR) is 92.6 cm³/mol. The SMILES string of the molecule is C=CCOc1c(CC=C)cc(C(=O)OC)cc1C(=O)OCCCC. The Hall–Kier alpha value is -2.56. The van der Waals surface area contributed by atoms with Gasteiger partial charge < -0.3 is 14.2 Å². The molecular weight excluding hydrogens is 308 g/mol. The number of carbonyl (C=O) groups excluding carboxylic acids is 2. The van der Waals surface area contributed by atoms with Crippen molar-refractivity contribution in [3.8, 4) is 5.75 Å². The first-order chi connectivity index (χ1) is 11.6. The molecule has 0 amide bonds. The van der Waals surface area contributed by atoms with Gasteiger partial charge in [0.05, 0.1) is 19.3 Å². The summed E-state index contributed by atoms with van der Waals surface area (Å²) in [6, 6.07) is 3.07. The molecule has 24 heavy (non-hydrogen) atoms. The molecule has 0 N–H and O–H groups in total. The Labute approximate surface area is 142 Å². The molecule has 1 rings (SSSR count). The van der Waals surface area contributed by atoms with E-state index in [4.69, 9.17) is 14.2 Å². The molecular formula is C19H24O5. The third-order valence-electron chi connectivity index (χ3n) is 3.25. The van der Waals surface area contributed by atoms with Gasteiger partial charge in [-0.05, 0) is 30.5 Å². The van der Waals surface area contributed by atoms with E-state index in [0.717, 1.165) is 12.8 Å². The lowest BCUT2D eigenvalue weighted by Gasteiger charge is -2.15. The molecule has 0 atom stereocenters. The molecule has 0 aliphatic carbocycles. The highest BCUT2D eigenvalue weighted by Crippen LogP contribution is 2.28. The lowest BCUT2D eigenvalue weighted by Crippen LogP contribution is -2.13. The fourth-order valence-corrected chi connectivity index (χ4v) is 2.08. The number of methoxy groups -OCH3 is 1. The molecule has 0 saturated carbocycles. The van der Waals surface area contributed by atoms with E-state index in [2.05, 4.69) is 13.2 Å². The lowest BCUT2D eigenvalue weighted by molar-refractivity contribution is 0.0495. The molecule has 0 unspecified atom stereocenters. The van der Waals surface area contributed by atoms with Crippen LogP contribution in [-0.2, 0) is 15.9 Å². The fraction of sp³-hybridized carbons (Fsp3) is 0.368. The summed E-state index contributed by atoms with van der Waals surface area (Å²) >= 11 is 0. The van der Waals surface area contributed by atoms with E-state index < -0.39 is 11.9 Å². The zero-order chi connectivity index (χ0) is 17.9. The van der Waals surface area contributed by atoms with Gasteiger partial charge in [0.15, 0.2) is 0 Å². The number of esters is 2. The van der Waals surface area contributed by atoms with Gasteiger partial charge in [-0.3, -0.25) is 0 Å². The van der Waals surface area contributed by atoms with Gasteiger partial charge in [-0.1, -0.05) is 32.1 Å². The van der Waals surface area contributed by atoms with Gasteiger partial charge in [0, 0.05) is 0 Å². The summed E-state index contributed by atoms with van der Waals surface area (Å²) in [5.74, 6) is -0.680. The van der Waals surface area contributed by atoms with Crippen molar-refractivity contribution in [2.24, 2.45) is 0 Å². The van der Waals surface area contributed by atoms with Crippen molar-refractivity contribution in [3.05, 3.63) is 54.1 Å². The Balaban J connectivity index is 3.33. The number of unbranched alkanes of at least 4 members (excludes halogenated alkanes) is 1. The Morgan fingerprint density at radius 1 is 1.17 bits per heavy atom. The van der Waals surface area contributed by atoms with Gasteiger partial charge in [0.1, 0.15) is 17.9 Å². The molecule has 0 aliphatic rings. The zero-order valence-corrected chi connectivity index (χ0v) is 14.3. The van der Waals surface area contributed by atoms with Crippen LogP contribution in [0.3, 0.4) is 0 Å². The van der Waals surface area contributed by atoms with Gasteiger partial charge in [-0.2, -0.15) is 0 Å². The summed E-state index contributed by atoms with van der Waals surface area (Å²) in [5.41, 5.74) is 1.13. The molecule has 1 aromatic rings. The third kappa shape index (κ3) is 5.26. The summed E-state index contributed by atoms with van der Waals surface area (Å²) in [5, 5.41) is 0. The minimum absolute atomic E-state index is 0.202. The van der Waals surface area contributed by atoms with Crippen molar-refractivity contribution in [3.63, 3.8) is 0 Å². The quantitative estimate of drug-likeness (QED) is 0.371. The largest absolute Gasteiger partial charge is 0.488 e. The van der Waals surface area contributed by atoms with Crippen LogP contribution in [-0.4, -0.2) is 32.3 Å². The van der Waals surface area contributed by atoms with Gasteiger partial charge in [0.25, 0.3) is 0 Å². The van der Waals surface area contributed by atoms with Crippen molar-refractivity contribution in [2.45, 2.75) is 26.2 Å². The summed E-state index contributed by atoms with van der Waals surface area (Å²) in [6.07, 6.45) is 5.37. The number of ether oxygens (including phenoxy) is 3. The highest BCUT2D eigenvalue weighted by molar-refractivity contribution is 5.98. The van der Waals surface area contributed by atoms with Crippen molar-refractivity contribution < 1.29 is 23.8 Å². The maximum atomic E-state index is 12.4. The molecule has 0 radical (unpaired) electrons. The highest BCUT2D eigenvalue weighted by Gasteiger charge is 2.21. The van der Waals surface area contributed by atoms with E-state index in [1.807, 2.05) is 6.92 Å². The zero-order valence-electron chi connectivity index (χ0n) is 14.3. The summed E-state index contributed by atoms with van der Waals surface area (Å²) in [7, 11) is 1.29. The molecule has 0 bridgehead atoms. The molecule has 0 aliphatic heterocycles. The lowest BCUT2D eigenvalue weighted by atomic mass is 10.0. The topological polar surface area (TPSA) is 61.8 Å². The van der Waals surface area contributed by atoms with Gasteiger partial charge in [-0.25, -0.2) is 9.59 Å². The van der Waals surface area contributed by atoms with Gasteiger partial charge in [-0.15, -0.1) is 6.58 Å². The van der Waals surface area contributed by atoms with Gasteiger partial charge >= 0.3 is 11.9 Å². The first-order valence-corrected chi connectivity index (χ1v) is 7.85. The van der Waals surface area contributed by atoms with Crippen molar-refractivity contribution in [1.29, 1.82) is 0 Å². The van der Waals surface area contributed by atoms with E-state index in [9.17, 15) is 9.59 Å². The second-order valence-corrected chi connectivity index (χ2v) is 5.09.